The lowest BCUT2D eigenvalue weighted by Gasteiger charge is -2.13. The predicted octanol–water partition coefficient (Wildman–Crippen LogP) is 0.281. The Morgan fingerprint density at radius 3 is 2.56 bits per heavy atom. The highest BCUT2D eigenvalue weighted by Gasteiger charge is 2.19. The molecule has 1 rings (SSSR count). The molecule has 2 N–H and O–H groups in total. The fraction of sp³-hybridized carbons (Fsp3) is 0.333. The number of carboxylic acid groups (broad SMARTS) is 1. The summed E-state index contributed by atoms with van der Waals surface area (Å²) in [5.41, 5.74) is 0. The number of ether oxygens (including phenoxy) is 2. The van der Waals surface area contributed by atoms with Gasteiger partial charge in [0.1, 0.15) is 5.75 Å². The van der Waals surface area contributed by atoms with E-state index in [1.165, 1.54) is 7.11 Å². The van der Waals surface area contributed by atoms with Crippen LogP contribution >= 0.6 is 0 Å². The molecule has 1 amide bonds. The summed E-state index contributed by atoms with van der Waals surface area (Å²) in [6.45, 7) is -0.329. The minimum atomic E-state index is -1.15. The van der Waals surface area contributed by atoms with Gasteiger partial charge in [-0.25, -0.2) is 4.79 Å². The van der Waals surface area contributed by atoms with Crippen molar-refractivity contribution in [1.82, 2.24) is 5.32 Å². The largest absolute Gasteiger partial charge is 0.484 e. The highest BCUT2D eigenvalue weighted by atomic mass is 16.5. The number of carboxylic acids is 1. The van der Waals surface area contributed by atoms with E-state index < -0.39 is 17.9 Å². The Morgan fingerprint density at radius 2 is 2.00 bits per heavy atom. The normalized spacial score (nSPS) is 11.6. The third kappa shape index (κ3) is 4.84. The molecule has 0 radical (unpaired) electrons. The third-order valence-corrected chi connectivity index (χ3v) is 2.08. The monoisotopic (exact) mass is 253 g/mol. The molecule has 0 fully saturated rings. The van der Waals surface area contributed by atoms with E-state index in [9.17, 15) is 9.59 Å². The van der Waals surface area contributed by atoms with Gasteiger partial charge in [0.05, 0.1) is 6.61 Å². The van der Waals surface area contributed by atoms with Crippen molar-refractivity contribution in [3.05, 3.63) is 30.3 Å². The van der Waals surface area contributed by atoms with Crippen molar-refractivity contribution in [3.8, 4) is 5.75 Å². The zero-order valence-corrected chi connectivity index (χ0v) is 9.96. The quantitative estimate of drug-likeness (QED) is 0.729. The number of benzene rings is 1. The summed E-state index contributed by atoms with van der Waals surface area (Å²) in [4.78, 5) is 22.2. The Kier molecular flexibility index (Phi) is 5.66. The summed E-state index contributed by atoms with van der Waals surface area (Å²) in [6.07, 6.45) is 0. The van der Waals surface area contributed by atoms with E-state index in [-0.39, 0.29) is 13.2 Å². The molecule has 0 aromatic heterocycles. The van der Waals surface area contributed by atoms with Crippen molar-refractivity contribution in [3.63, 3.8) is 0 Å². The minimum absolute atomic E-state index is 0.0909. The Bertz CT molecular complexity index is 393. The van der Waals surface area contributed by atoms with Gasteiger partial charge in [0, 0.05) is 7.11 Å². The number of amides is 1. The summed E-state index contributed by atoms with van der Waals surface area (Å²) in [7, 11) is 1.36. The van der Waals surface area contributed by atoms with Crippen LogP contribution in [0.15, 0.2) is 30.3 Å². The van der Waals surface area contributed by atoms with Crippen molar-refractivity contribution < 1.29 is 24.2 Å². The zero-order valence-electron chi connectivity index (χ0n) is 9.96. The number of nitrogens with one attached hydrogen (secondary N) is 1. The molecule has 1 aromatic carbocycles. The van der Waals surface area contributed by atoms with Gasteiger partial charge in [-0.3, -0.25) is 4.79 Å². The van der Waals surface area contributed by atoms with Gasteiger partial charge in [0.25, 0.3) is 5.91 Å². The molecule has 0 heterocycles. The average molecular weight is 253 g/mol. The number of hydrogen-bond donors (Lipinski definition) is 2. The number of methoxy groups -OCH3 is 1. The molecule has 98 valence electrons. The van der Waals surface area contributed by atoms with Gasteiger partial charge in [-0.1, -0.05) is 18.2 Å². The predicted molar refractivity (Wildman–Crippen MR) is 63.4 cm³/mol. The molecule has 0 bridgehead atoms. The fourth-order valence-corrected chi connectivity index (χ4v) is 1.24. The molecule has 0 spiro atoms. The van der Waals surface area contributed by atoms with Gasteiger partial charge in [-0.2, -0.15) is 0 Å². The van der Waals surface area contributed by atoms with E-state index in [4.69, 9.17) is 14.6 Å². The van der Waals surface area contributed by atoms with Crippen LogP contribution in [0.3, 0.4) is 0 Å². The number of rotatable bonds is 7. The summed E-state index contributed by atoms with van der Waals surface area (Å²) < 4.78 is 9.87. The van der Waals surface area contributed by atoms with E-state index in [2.05, 4.69) is 5.32 Å². The molecule has 1 aromatic rings. The highest BCUT2D eigenvalue weighted by molar-refractivity contribution is 5.84. The topological polar surface area (TPSA) is 84.9 Å². The summed E-state index contributed by atoms with van der Waals surface area (Å²) >= 11 is 0. The first-order valence-corrected chi connectivity index (χ1v) is 5.32. The van der Waals surface area contributed by atoms with Crippen molar-refractivity contribution in [2.75, 3.05) is 20.3 Å². The molecule has 0 aliphatic rings. The lowest BCUT2D eigenvalue weighted by Crippen LogP contribution is -2.45. The molecule has 6 nitrogen and oxygen atoms in total. The maximum Gasteiger partial charge on any atom is 0.328 e. The summed E-state index contributed by atoms with van der Waals surface area (Å²) in [5, 5.41) is 11.1. The first-order valence-electron chi connectivity index (χ1n) is 5.32. The van der Waals surface area contributed by atoms with Crippen molar-refractivity contribution in [2.45, 2.75) is 6.04 Å². The van der Waals surface area contributed by atoms with Crippen molar-refractivity contribution in [1.29, 1.82) is 0 Å². The lowest BCUT2D eigenvalue weighted by molar-refractivity contribution is -0.143. The number of carbonyl (C=O) groups is 2. The Balaban J connectivity index is 2.39. The number of hydrogen-bond acceptors (Lipinski definition) is 4. The second-order valence-electron chi connectivity index (χ2n) is 3.52. The van der Waals surface area contributed by atoms with Gasteiger partial charge < -0.3 is 19.9 Å². The van der Waals surface area contributed by atoms with E-state index in [0.29, 0.717) is 5.75 Å². The Labute approximate surface area is 105 Å². The lowest BCUT2D eigenvalue weighted by atomic mass is 10.3. The second kappa shape index (κ2) is 7.29. The van der Waals surface area contributed by atoms with E-state index >= 15 is 0 Å². The molecular formula is C12H15NO5. The van der Waals surface area contributed by atoms with E-state index in [1.54, 1.807) is 24.3 Å². The Morgan fingerprint density at radius 1 is 1.33 bits per heavy atom. The summed E-state index contributed by atoms with van der Waals surface area (Å²) in [6, 6.07) is 7.72. The maximum absolute atomic E-state index is 11.5. The number of para-hydroxylation sites is 1. The smallest absolute Gasteiger partial charge is 0.328 e. The van der Waals surface area contributed by atoms with Gasteiger partial charge in [0.15, 0.2) is 12.6 Å². The molecule has 0 saturated carbocycles. The molecule has 6 heteroatoms. The van der Waals surface area contributed by atoms with Crippen LogP contribution in [0.1, 0.15) is 0 Å². The van der Waals surface area contributed by atoms with Crippen LogP contribution in [0.4, 0.5) is 0 Å². The first kappa shape index (κ1) is 14.0. The van der Waals surface area contributed by atoms with Gasteiger partial charge >= 0.3 is 5.97 Å². The van der Waals surface area contributed by atoms with Crippen LogP contribution < -0.4 is 10.1 Å². The molecule has 1 unspecified atom stereocenters. The van der Waals surface area contributed by atoms with Gasteiger partial charge in [-0.05, 0) is 12.1 Å². The average Bonchev–Trinajstić information content (AvgIpc) is 2.37. The second-order valence-corrected chi connectivity index (χ2v) is 3.52. The number of carbonyl (C=O) groups excluding carboxylic acids is 1. The maximum atomic E-state index is 11.5. The fourth-order valence-electron chi connectivity index (χ4n) is 1.24. The minimum Gasteiger partial charge on any atom is -0.484 e. The van der Waals surface area contributed by atoms with Crippen LogP contribution in [-0.2, 0) is 14.3 Å². The molecule has 0 aliphatic carbocycles. The van der Waals surface area contributed by atoms with Crippen LogP contribution in [-0.4, -0.2) is 43.3 Å². The molecule has 0 saturated heterocycles. The SMILES string of the molecule is COCC(NC(=O)COc1ccccc1)C(=O)O. The van der Waals surface area contributed by atoms with Crippen LogP contribution in [0.5, 0.6) is 5.75 Å². The Hall–Kier alpha value is -2.08. The molecular weight excluding hydrogens is 238 g/mol. The van der Waals surface area contributed by atoms with E-state index in [1.807, 2.05) is 6.07 Å². The first-order chi connectivity index (χ1) is 8.63. The summed E-state index contributed by atoms with van der Waals surface area (Å²) in [5.74, 6) is -1.11. The standard InChI is InChI=1S/C12H15NO5/c1-17-7-10(12(15)16)13-11(14)8-18-9-5-3-2-4-6-9/h2-6,10H,7-8H2,1H3,(H,13,14)(H,15,16). The van der Waals surface area contributed by atoms with Crippen molar-refractivity contribution >= 4 is 11.9 Å². The van der Waals surface area contributed by atoms with Gasteiger partial charge in [0.2, 0.25) is 0 Å². The molecule has 18 heavy (non-hydrogen) atoms. The van der Waals surface area contributed by atoms with Gasteiger partial charge in [-0.15, -0.1) is 0 Å². The highest BCUT2D eigenvalue weighted by Crippen LogP contribution is 2.07. The van der Waals surface area contributed by atoms with Crippen LogP contribution in [0, 0.1) is 0 Å². The zero-order chi connectivity index (χ0) is 13.4. The van der Waals surface area contributed by atoms with Crippen molar-refractivity contribution in [2.24, 2.45) is 0 Å². The van der Waals surface area contributed by atoms with Crippen LogP contribution in [0.25, 0.3) is 0 Å². The van der Waals surface area contributed by atoms with Crippen LogP contribution in [0.2, 0.25) is 0 Å². The molecule has 0 aliphatic heterocycles. The number of aliphatic carboxylic acids is 1. The molecule has 1 atom stereocenters. The third-order valence-electron chi connectivity index (χ3n) is 2.08. The van der Waals surface area contributed by atoms with E-state index in [0.717, 1.165) is 0 Å².